The third-order valence-corrected chi connectivity index (χ3v) is 3.48. The summed E-state index contributed by atoms with van der Waals surface area (Å²) in [5.41, 5.74) is 2.73. The molecule has 3 N–H and O–H groups in total. The minimum absolute atomic E-state index is 0.154. The zero-order valence-corrected chi connectivity index (χ0v) is 12.9. The Bertz CT molecular complexity index is 714. The molecule has 2 rings (SSSR count). The molecule has 1 amide bonds. The average Bonchev–Trinajstić information content (AvgIpc) is 2.48. The lowest BCUT2D eigenvalue weighted by Gasteiger charge is -2.14. The van der Waals surface area contributed by atoms with E-state index in [4.69, 9.17) is 11.6 Å². The molecule has 2 aromatic rings. The van der Waals surface area contributed by atoms with E-state index < -0.39 is 0 Å². The van der Waals surface area contributed by atoms with Gasteiger partial charge in [-0.25, -0.2) is 0 Å². The molecular formula is C17H17ClN2O2. The number of amides is 1. The van der Waals surface area contributed by atoms with Gasteiger partial charge >= 0.3 is 0 Å². The van der Waals surface area contributed by atoms with Crippen LogP contribution in [0.25, 0.3) is 0 Å². The van der Waals surface area contributed by atoms with Crippen molar-refractivity contribution in [2.24, 2.45) is 0 Å². The fourth-order valence-corrected chi connectivity index (χ4v) is 2.36. The molecular weight excluding hydrogens is 300 g/mol. The number of nitrogens with one attached hydrogen (secondary N) is 2. The Morgan fingerprint density at radius 1 is 1.36 bits per heavy atom. The second kappa shape index (κ2) is 7.00. The lowest BCUT2D eigenvalue weighted by molar-refractivity contribution is 0.0970. The van der Waals surface area contributed by atoms with Crippen LogP contribution < -0.4 is 10.6 Å². The fourth-order valence-electron chi connectivity index (χ4n) is 2.17. The van der Waals surface area contributed by atoms with Crippen LogP contribution in [0.1, 0.15) is 21.5 Å². The Morgan fingerprint density at radius 2 is 2.14 bits per heavy atom. The zero-order chi connectivity index (χ0) is 16.1. The summed E-state index contributed by atoms with van der Waals surface area (Å²) >= 11 is 5.93. The number of phenolic OH excluding ortho intramolecular Hbond substituents is 1. The van der Waals surface area contributed by atoms with E-state index in [1.807, 2.05) is 25.1 Å². The van der Waals surface area contributed by atoms with E-state index in [0.29, 0.717) is 28.4 Å². The number of benzene rings is 2. The topological polar surface area (TPSA) is 61.4 Å². The molecule has 0 aromatic heterocycles. The van der Waals surface area contributed by atoms with Crippen LogP contribution in [0.15, 0.2) is 49.2 Å². The van der Waals surface area contributed by atoms with Crippen molar-refractivity contribution in [2.75, 3.05) is 5.32 Å². The Kier molecular flexibility index (Phi) is 5.07. The first-order valence-electron chi connectivity index (χ1n) is 6.75. The molecule has 2 aromatic carbocycles. The SMILES string of the molecule is C=CNC(=O)c1c(C)cccc1NCc1cc(Cl)ccc1O. The average molecular weight is 317 g/mol. The number of carbonyl (C=O) groups excluding carboxylic acids is 1. The van der Waals surface area contributed by atoms with Crippen LogP contribution in [0.2, 0.25) is 5.02 Å². The van der Waals surface area contributed by atoms with Crippen LogP contribution in [0, 0.1) is 6.92 Å². The first-order chi connectivity index (χ1) is 10.5. The van der Waals surface area contributed by atoms with E-state index in [0.717, 1.165) is 5.56 Å². The molecule has 0 unspecified atom stereocenters. The van der Waals surface area contributed by atoms with Gasteiger partial charge < -0.3 is 15.7 Å². The van der Waals surface area contributed by atoms with Crippen molar-refractivity contribution in [3.05, 3.63) is 70.9 Å². The van der Waals surface area contributed by atoms with E-state index in [-0.39, 0.29) is 11.7 Å². The molecule has 0 atom stereocenters. The predicted molar refractivity (Wildman–Crippen MR) is 89.3 cm³/mol. The molecule has 0 bridgehead atoms. The maximum absolute atomic E-state index is 12.1. The fraction of sp³-hybridized carbons (Fsp3) is 0.118. The van der Waals surface area contributed by atoms with Crippen molar-refractivity contribution < 1.29 is 9.90 Å². The lowest BCUT2D eigenvalue weighted by Crippen LogP contribution is -2.20. The highest BCUT2D eigenvalue weighted by Crippen LogP contribution is 2.24. The molecule has 0 saturated carbocycles. The van der Waals surface area contributed by atoms with Crippen molar-refractivity contribution >= 4 is 23.2 Å². The number of phenols is 1. The number of carbonyl (C=O) groups is 1. The Labute approximate surface area is 134 Å². The molecule has 0 radical (unpaired) electrons. The van der Waals surface area contributed by atoms with Crippen LogP contribution in [0.5, 0.6) is 5.75 Å². The van der Waals surface area contributed by atoms with Crippen LogP contribution >= 0.6 is 11.6 Å². The lowest BCUT2D eigenvalue weighted by atomic mass is 10.1. The maximum Gasteiger partial charge on any atom is 0.257 e. The summed E-state index contributed by atoms with van der Waals surface area (Å²) in [5.74, 6) is -0.0763. The highest BCUT2D eigenvalue weighted by atomic mass is 35.5. The molecule has 5 heteroatoms. The standard InChI is InChI=1S/C17H17ClN2O2/c1-3-19-17(22)16-11(2)5-4-6-14(16)20-10-12-9-13(18)7-8-15(12)21/h3-9,20-21H,1,10H2,2H3,(H,19,22). The molecule has 4 nitrogen and oxygen atoms in total. The zero-order valence-electron chi connectivity index (χ0n) is 12.2. The van der Waals surface area contributed by atoms with Gasteiger partial charge in [0.2, 0.25) is 0 Å². The van der Waals surface area contributed by atoms with Crippen molar-refractivity contribution in [1.29, 1.82) is 0 Å². The number of anilines is 1. The smallest absolute Gasteiger partial charge is 0.257 e. The van der Waals surface area contributed by atoms with Gasteiger partial charge in [-0.1, -0.05) is 30.3 Å². The highest BCUT2D eigenvalue weighted by Gasteiger charge is 2.13. The molecule has 0 aliphatic rings. The molecule has 0 aliphatic heterocycles. The van der Waals surface area contributed by atoms with E-state index >= 15 is 0 Å². The van der Waals surface area contributed by atoms with Gasteiger partial charge in [0.15, 0.2) is 0 Å². The summed E-state index contributed by atoms with van der Waals surface area (Å²) in [6.45, 7) is 5.71. The van der Waals surface area contributed by atoms with Crippen molar-refractivity contribution in [1.82, 2.24) is 5.32 Å². The van der Waals surface area contributed by atoms with Crippen molar-refractivity contribution in [2.45, 2.75) is 13.5 Å². The molecule has 0 heterocycles. The second-order valence-electron chi connectivity index (χ2n) is 4.80. The third kappa shape index (κ3) is 3.59. The predicted octanol–water partition coefficient (Wildman–Crippen LogP) is 3.84. The van der Waals surface area contributed by atoms with E-state index in [1.54, 1.807) is 18.2 Å². The van der Waals surface area contributed by atoms with Gasteiger partial charge in [0, 0.05) is 22.8 Å². The first kappa shape index (κ1) is 15.9. The van der Waals surface area contributed by atoms with Gasteiger partial charge in [-0.15, -0.1) is 0 Å². The van der Waals surface area contributed by atoms with Crippen molar-refractivity contribution in [3.63, 3.8) is 0 Å². The minimum atomic E-state index is -0.231. The quantitative estimate of drug-likeness (QED) is 0.785. The molecule has 0 spiro atoms. The van der Waals surface area contributed by atoms with Crippen LogP contribution in [0.4, 0.5) is 5.69 Å². The third-order valence-electron chi connectivity index (χ3n) is 3.24. The summed E-state index contributed by atoms with van der Waals surface area (Å²) in [6.07, 6.45) is 1.35. The van der Waals surface area contributed by atoms with E-state index in [1.165, 1.54) is 6.20 Å². The minimum Gasteiger partial charge on any atom is -0.508 e. The number of aromatic hydroxyl groups is 1. The number of hydrogen-bond donors (Lipinski definition) is 3. The van der Waals surface area contributed by atoms with Crippen LogP contribution in [-0.2, 0) is 6.54 Å². The molecule has 22 heavy (non-hydrogen) atoms. The van der Waals surface area contributed by atoms with Gasteiger partial charge in [-0.05, 0) is 43.0 Å². The summed E-state index contributed by atoms with van der Waals surface area (Å²) in [6, 6.07) is 10.4. The first-order valence-corrected chi connectivity index (χ1v) is 7.13. The van der Waals surface area contributed by atoms with Crippen LogP contribution in [0.3, 0.4) is 0 Å². The Morgan fingerprint density at radius 3 is 2.86 bits per heavy atom. The van der Waals surface area contributed by atoms with E-state index in [9.17, 15) is 9.90 Å². The summed E-state index contributed by atoms with van der Waals surface area (Å²) in [5, 5.41) is 16.1. The maximum atomic E-state index is 12.1. The van der Waals surface area contributed by atoms with Gasteiger partial charge in [0.25, 0.3) is 5.91 Å². The van der Waals surface area contributed by atoms with Crippen molar-refractivity contribution in [3.8, 4) is 5.75 Å². The van der Waals surface area contributed by atoms with Gasteiger partial charge in [0.05, 0.1) is 5.56 Å². The number of aryl methyl sites for hydroxylation is 1. The number of hydrogen-bond acceptors (Lipinski definition) is 3. The molecule has 0 aliphatic carbocycles. The largest absolute Gasteiger partial charge is 0.508 e. The van der Waals surface area contributed by atoms with Crippen LogP contribution in [-0.4, -0.2) is 11.0 Å². The normalized spacial score (nSPS) is 10.1. The summed E-state index contributed by atoms with van der Waals surface area (Å²) in [7, 11) is 0. The monoisotopic (exact) mass is 316 g/mol. The summed E-state index contributed by atoms with van der Waals surface area (Å²) < 4.78 is 0. The molecule has 114 valence electrons. The molecule has 0 saturated heterocycles. The Balaban J connectivity index is 2.26. The van der Waals surface area contributed by atoms with Gasteiger partial charge in [0.1, 0.15) is 5.75 Å². The molecule has 0 fully saturated rings. The summed E-state index contributed by atoms with van der Waals surface area (Å²) in [4.78, 5) is 12.1. The van der Waals surface area contributed by atoms with Gasteiger partial charge in [-0.2, -0.15) is 0 Å². The van der Waals surface area contributed by atoms with Gasteiger partial charge in [-0.3, -0.25) is 4.79 Å². The highest BCUT2D eigenvalue weighted by molar-refractivity contribution is 6.30. The Hall–Kier alpha value is -2.46. The second-order valence-corrected chi connectivity index (χ2v) is 5.24. The van der Waals surface area contributed by atoms with E-state index in [2.05, 4.69) is 17.2 Å². The number of rotatable bonds is 5. The number of halogens is 1.